The molecule has 0 aliphatic heterocycles. The van der Waals surface area contributed by atoms with Gasteiger partial charge in [-0.25, -0.2) is 0 Å². The predicted octanol–water partition coefficient (Wildman–Crippen LogP) is 2.12. The van der Waals surface area contributed by atoms with E-state index in [1.165, 1.54) is 0 Å². The SMILES string of the molecule is CCCn1nc(O)cc1C(C)C. The van der Waals surface area contributed by atoms with Crippen LogP contribution in [0.5, 0.6) is 5.88 Å². The first-order valence-electron chi connectivity index (χ1n) is 4.41. The van der Waals surface area contributed by atoms with Gasteiger partial charge in [-0.15, -0.1) is 5.10 Å². The molecule has 0 fully saturated rings. The maximum Gasteiger partial charge on any atom is 0.230 e. The molecular formula is C9H16N2O. The molecular weight excluding hydrogens is 152 g/mol. The summed E-state index contributed by atoms with van der Waals surface area (Å²) in [6, 6.07) is 1.74. The van der Waals surface area contributed by atoms with E-state index in [0.717, 1.165) is 18.7 Å². The molecule has 0 unspecified atom stereocenters. The van der Waals surface area contributed by atoms with Crippen LogP contribution in [0, 0.1) is 0 Å². The van der Waals surface area contributed by atoms with Crippen LogP contribution in [0.4, 0.5) is 0 Å². The molecule has 0 bridgehead atoms. The Morgan fingerprint density at radius 3 is 2.75 bits per heavy atom. The fraction of sp³-hybridized carbons (Fsp3) is 0.667. The maximum atomic E-state index is 9.18. The summed E-state index contributed by atoms with van der Waals surface area (Å²) in [5.41, 5.74) is 1.11. The van der Waals surface area contributed by atoms with E-state index in [-0.39, 0.29) is 5.88 Å². The summed E-state index contributed by atoms with van der Waals surface area (Å²) in [4.78, 5) is 0. The summed E-state index contributed by atoms with van der Waals surface area (Å²) >= 11 is 0. The molecule has 1 heterocycles. The molecule has 3 nitrogen and oxygen atoms in total. The summed E-state index contributed by atoms with van der Waals surface area (Å²) in [5, 5.41) is 13.2. The molecule has 1 N–H and O–H groups in total. The summed E-state index contributed by atoms with van der Waals surface area (Å²) < 4.78 is 1.88. The molecule has 0 radical (unpaired) electrons. The Morgan fingerprint density at radius 1 is 1.58 bits per heavy atom. The number of hydrogen-bond donors (Lipinski definition) is 1. The first kappa shape index (κ1) is 9.10. The number of rotatable bonds is 3. The van der Waals surface area contributed by atoms with E-state index in [4.69, 9.17) is 0 Å². The molecule has 0 aliphatic rings. The molecule has 0 atom stereocenters. The largest absolute Gasteiger partial charge is 0.492 e. The van der Waals surface area contributed by atoms with Gasteiger partial charge in [0.05, 0.1) is 0 Å². The predicted molar refractivity (Wildman–Crippen MR) is 48.3 cm³/mol. The Balaban J connectivity index is 2.92. The third kappa shape index (κ3) is 1.78. The lowest BCUT2D eigenvalue weighted by Gasteiger charge is -2.07. The van der Waals surface area contributed by atoms with Crippen molar-refractivity contribution < 1.29 is 5.11 Å². The van der Waals surface area contributed by atoms with Gasteiger partial charge in [0.1, 0.15) is 0 Å². The van der Waals surface area contributed by atoms with Crippen LogP contribution in [0.2, 0.25) is 0 Å². The summed E-state index contributed by atoms with van der Waals surface area (Å²) in [6.45, 7) is 7.18. The van der Waals surface area contributed by atoms with Crippen molar-refractivity contribution in [2.45, 2.75) is 39.7 Å². The zero-order chi connectivity index (χ0) is 9.14. The average Bonchev–Trinajstić information content (AvgIpc) is 2.32. The van der Waals surface area contributed by atoms with E-state index >= 15 is 0 Å². The van der Waals surface area contributed by atoms with Gasteiger partial charge in [-0.05, 0) is 12.3 Å². The summed E-state index contributed by atoms with van der Waals surface area (Å²) in [5.74, 6) is 0.553. The van der Waals surface area contributed by atoms with Gasteiger partial charge in [-0.1, -0.05) is 20.8 Å². The van der Waals surface area contributed by atoms with Crippen molar-refractivity contribution in [3.05, 3.63) is 11.8 Å². The molecule has 0 aromatic carbocycles. The molecule has 0 amide bonds. The molecule has 0 spiro atoms. The Labute approximate surface area is 73.0 Å². The van der Waals surface area contributed by atoms with Crippen LogP contribution in [0.15, 0.2) is 6.07 Å². The highest BCUT2D eigenvalue weighted by Gasteiger charge is 2.08. The smallest absolute Gasteiger partial charge is 0.230 e. The molecule has 1 aromatic heterocycles. The van der Waals surface area contributed by atoms with E-state index in [1.54, 1.807) is 6.07 Å². The maximum absolute atomic E-state index is 9.18. The van der Waals surface area contributed by atoms with Crippen LogP contribution >= 0.6 is 0 Å². The van der Waals surface area contributed by atoms with E-state index in [0.29, 0.717) is 5.92 Å². The highest BCUT2D eigenvalue weighted by molar-refractivity contribution is 5.16. The molecule has 12 heavy (non-hydrogen) atoms. The van der Waals surface area contributed by atoms with Gasteiger partial charge in [0.15, 0.2) is 0 Å². The fourth-order valence-corrected chi connectivity index (χ4v) is 1.27. The van der Waals surface area contributed by atoms with Crippen molar-refractivity contribution in [2.75, 3.05) is 0 Å². The molecule has 0 saturated carbocycles. The Hall–Kier alpha value is -0.990. The topological polar surface area (TPSA) is 38.0 Å². The van der Waals surface area contributed by atoms with Gasteiger partial charge in [-0.2, -0.15) is 0 Å². The third-order valence-electron chi connectivity index (χ3n) is 1.83. The van der Waals surface area contributed by atoms with Crippen molar-refractivity contribution >= 4 is 0 Å². The molecule has 68 valence electrons. The van der Waals surface area contributed by atoms with Crippen molar-refractivity contribution in [3.63, 3.8) is 0 Å². The molecule has 1 rings (SSSR count). The van der Waals surface area contributed by atoms with E-state index in [2.05, 4.69) is 25.9 Å². The lowest BCUT2D eigenvalue weighted by Crippen LogP contribution is -2.05. The van der Waals surface area contributed by atoms with Crippen LogP contribution in [-0.4, -0.2) is 14.9 Å². The highest BCUT2D eigenvalue weighted by Crippen LogP contribution is 2.19. The zero-order valence-corrected chi connectivity index (χ0v) is 7.91. The number of hydrogen-bond acceptors (Lipinski definition) is 2. The average molecular weight is 168 g/mol. The number of aromatic nitrogens is 2. The second kappa shape index (κ2) is 3.61. The monoisotopic (exact) mass is 168 g/mol. The van der Waals surface area contributed by atoms with Gasteiger partial charge >= 0.3 is 0 Å². The number of aryl methyl sites for hydroxylation is 1. The van der Waals surface area contributed by atoms with Crippen molar-refractivity contribution in [1.29, 1.82) is 0 Å². The van der Waals surface area contributed by atoms with Crippen molar-refractivity contribution in [2.24, 2.45) is 0 Å². The Kier molecular flexibility index (Phi) is 2.74. The summed E-state index contributed by atoms with van der Waals surface area (Å²) in [7, 11) is 0. The Morgan fingerprint density at radius 2 is 2.25 bits per heavy atom. The Bertz CT molecular complexity index is 253. The lowest BCUT2D eigenvalue weighted by atomic mass is 10.1. The third-order valence-corrected chi connectivity index (χ3v) is 1.83. The van der Waals surface area contributed by atoms with Crippen molar-refractivity contribution in [1.82, 2.24) is 9.78 Å². The van der Waals surface area contributed by atoms with E-state index in [9.17, 15) is 5.11 Å². The van der Waals surface area contributed by atoms with Crippen LogP contribution in [-0.2, 0) is 6.54 Å². The van der Waals surface area contributed by atoms with Gasteiger partial charge in [0, 0.05) is 18.3 Å². The second-order valence-electron chi connectivity index (χ2n) is 3.31. The number of aromatic hydroxyl groups is 1. The van der Waals surface area contributed by atoms with Gasteiger partial charge in [-0.3, -0.25) is 4.68 Å². The first-order chi connectivity index (χ1) is 5.65. The van der Waals surface area contributed by atoms with E-state index < -0.39 is 0 Å². The van der Waals surface area contributed by atoms with E-state index in [1.807, 2.05) is 4.68 Å². The van der Waals surface area contributed by atoms with Crippen LogP contribution in [0.3, 0.4) is 0 Å². The highest BCUT2D eigenvalue weighted by atomic mass is 16.3. The lowest BCUT2D eigenvalue weighted by molar-refractivity contribution is 0.434. The molecule has 1 aromatic rings. The fourth-order valence-electron chi connectivity index (χ4n) is 1.27. The number of nitrogens with zero attached hydrogens (tertiary/aromatic N) is 2. The van der Waals surface area contributed by atoms with Crippen LogP contribution in [0.25, 0.3) is 0 Å². The van der Waals surface area contributed by atoms with Crippen molar-refractivity contribution in [3.8, 4) is 5.88 Å². The molecule has 3 heteroatoms. The zero-order valence-electron chi connectivity index (χ0n) is 7.91. The minimum absolute atomic E-state index is 0.132. The normalized spacial score (nSPS) is 11.0. The minimum Gasteiger partial charge on any atom is -0.492 e. The molecule has 0 saturated heterocycles. The first-order valence-corrected chi connectivity index (χ1v) is 4.41. The summed E-state index contributed by atoms with van der Waals surface area (Å²) in [6.07, 6.45) is 1.04. The van der Waals surface area contributed by atoms with Crippen LogP contribution in [0.1, 0.15) is 38.8 Å². The van der Waals surface area contributed by atoms with Gasteiger partial charge < -0.3 is 5.11 Å². The minimum atomic E-state index is 0.132. The van der Waals surface area contributed by atoms with Crippen LogP contribution < -0.4 is 0 Å². The molecule has 0 aliphatic carbocycles. The second-order valence-corrected chi connectivity index (χ2v) is 3.31. The van der Waals surface area contributed by atoms with Gasteiger partial charge in [0.25, 0.3) is 0 Å². The quantitative estimate of drug-likeness (QED) is 0.750. The standard InChI is InChI=1S/C9H16N2O/c1-4-5-11-8(7(2)3)6-9(12)10-11/h6-7H,4-5H2,1-3H3,(H,10,12). The van der Waals surface area contributed by atoms with Gasteiger partial charge in [0.2, 0.25) is 5.88 Å².